The van der Waals surface area contributed by atoms with Crippen molar-refractivity contribution in [2.75, 3.05) is 11.1 Å². The van der Waals surface area contributed by atoms with Crippen molar-refractivity contribution in [2.24, 2.45) is 0 Å². The minimum atomic E-state index is -0.998. The van der Waals surface area contributed by atoms with Gasteiger partial charge in [0.05, 0.1) is 0 Å². The van der Waals surface area contributed by atoms with Crippen LogP contribution in [-0.4, -0.2) is 45.7 Å². The van der Waals surface area contributed by atoms with Crippen molar-refractivity contribution in [3.05, 3.63) is 65.2 Å². The highest BCUT2D eigenvalue weighted by molar-refractivity contribution is 7.80. The number of thiol groups is 1. The highest BCUT2D eigenvalue weighted by Gasteiger charge is 2.43. The van der Waals surface area contributed by atoms with E-state index in [0.717, 1.165) is 11.1 Å². The molecular weight excluding hydrogens is 486 g/mol. The predicted octanol–water partition coefficient (Wildman–Crippen LogP) is 5.82. The fourth-order valence-corrected chi connectivity index (χ4v) is 4.20. The van der Waals surface area contributed by atoms with Gasteiger partial charge in [0.1, 0.15) is 17.7 Å². The van der Waals surface area contributed by atoms with Crippen LogP contribution < -0.4 is 10.6 Å². The predicted molar refractivity (Wildman–Crippen MR) is 152 cm³/mol. The second-order valence-electron chi connectivity index (χ2n) is 10.8. The van der Waals surface area contributed by atoms with Gasteiger partial charge in [0.2, 0.25) is 5.91 Å². The Morgan fingerprint density at radius 1 is 0.946 bits per heavy atom. The Kier molecular flexibility index (Phi) is 10.2. The molecule has 0 aliphatic heterocycles. The number of carbonyl (C=O) groups excluding carboxylic acids is 3. The molecule has 2 rings (SSSR count). The van der Waals surface area contributed by atoms with E-state index in [4.69, 9.17) is 4.74 Å². The van der Waals surface area contributed by atoms with Gasteiger partial charge in [-0.25, -0.2) is 4.79 Å². The normalized spacial score (nSPS) is 13.3. The van der Waals surface area contributed by atoms with Crippen LogP contribution in [-0.2, 0) is 14.3 Å². The van der Waals surface area contributed by atoms with Crippen molar-refractivity contribution in [2.45, 2.75) is 85.0 Å². The first-order valence-electron chi connectivity index (χ1n) is 12.6. The summed E-state index contributed by atoms with van der Waals surface area (Å²) in [6, 6.07) is 13.1. The molecule has 2 atom stereocenters. The van der Waals surface area contributed by atoms with Crippen LogP contribution in [0.1, 0.15) is 70.7 Å². The van der Waals surface area contributed by atoms with Crippen LogP contribution in [0.3, 0.4) is 0 Å². The number of alkyl carbamates (subject to hydrolysis) is 1. The van der Waals surface area contributed by atoms with E-state index in [1.54, 1.807) is 25.7 Å². The second-order valence-corrected chi connectivity index (χ2v) is 11.2. The summed E-state index contributed by atoms with van der Waals surface area (Å²) in [5, 5.41) is 5.69. The van der Waals surface area contributed by atoms with Crippen LogP contribution in [0.4, 0.5) is 10.5 Å². The molecule has 2 aromatic carbocycles. The van der Waals surface area contributed by atoms with Gasteiger partial charge in [-0.3, -0.25) is 9.59 Å². The number of nitrogens with one attached hydrogen (secondary N) is 2. The maximum absolute atomic E-state index is 14.2. The minimum Gasteiger partial charge on any atom is -0.444 e. The molecular formula is C29H41N3O4S. The van der Waals surface area contributed by atoms with Gasteiger partial charge in [-0.15, -0.1) is 0 Å². The van der Waals surface area contributed by atoms with Crippen molar-refractivity contribution >= 4 is 36.2 Å². The average Bonchev–Trinajstić information content (AvgIpc) is 2.81. The standard InChI is InChI=1S/C29H41N3O4S/c1-9-29(7,8)32(26(34)23(18-37)31-27(35)36-28(4,5)6)24(21-16-12-10-14-19(21)2)25(33)30-22-17-13-11-15-20(22)3/h10-17,23-24,37H,9,18H2,1-8H3,(H,30,33)(H,31,35). The quantitative estimate of drug-likeness (QED) is 0.359. The third kappa shape index (κ3) is 7.99. The number of amides is 3. The number of hydrogen-bond donors (Lipinski definition) is 3. The number of hydrogen-bond acceptors (Lipinski definition) is 5. The van der Waals surface area contributed by atoms with Crippen molar-refractivity contribution in [1.29, 1.82) is 0 Å². The molecule has 2 N–H and O–H groups in total. The zero-order valence-electron chi connectivity index (χ0n) is 23.2. The Morgan fingerprint density at radius 3 is 2.03 bits per heavy atom. The molecule has 0 radical (unpaired) electrons. The summed E-state index contributed by atoms with van der Waals surface area (Å²) >= 11 is 4.36. The lowest BCUT2D eigenvalue weighted by molar-refractivity contribution is -0.147. The topological polar surface area (TPSA) is 87.7 Å². The van der Waals surface area contributed by atoms with E-state index in [-0.39, 0.29) is 11.7 Å². The average molecular weight is 528 g/mol. The van der Waals surface area contributed by atoms with Crippen molar-refractivity contribution in [1.82, 2.24) is 10.2 Å². The summed E-state index contributed by atoms with van der Waals surface area (Å²) in [7, 11) is 0. The maximum atomic E-state index is 14.2. The molecule has 0 aliphatic carbocycles. The summed E-state index contributed by atoms with van der Waals surface area (Å²) in [4.78, 5) is 42.3. The molecule has 0 aliphatic rings. The molecule has 202 valence electrons. The highest BCUT2D eigenvalue weighted by atomic mass is 32.1. The molecule has 0 saturated heterocycles. The van der Waals surface area contributed by atoms with Gasteiger partial charge in [-0.05, 0) is 77.6 Å². The van der Waals surface area contributed by atoms with Crippen molar-refractivity contribution < 1.29 is 19.1 Å². The molecule has 7 nitrogen and oxygen atoms in total. The number of nitrogens with zero attached hydrogens (tertiary/aromatic N) is 1. The van der Waals surface area contributed by atoms with E-state index in [2.05, 4.69) is 23.3 Å². The zero-order chi connectivity index (χ0) is 28.0. The molecule has 0 bridgehead atoms. The molecule has 3 amide bonds. The van der Waals surface area contributed by atoms with Crippen molar-refractivity contribution in [3.63, 3.8) is 0 Å². The molecule has 0 fully saturated rings. The van der Waals surface area contributed by atoms with Crippen LogP contribution in [0.15, 0.2) is 48.5 Å². The first-order valence-corrected chi connectivity index (χ1v) is 13.2. The Hall–Kier alpha value is -3.00. The number of ether oxygens (including phenoxy) is 1. The molecule has 2 aromatic rings. The van der Waals surface area contributed by atoms with Gasteiger partial charge in [-0.1, -0.05) is 49.4 Å². The van der Waals surface area contributed by atoms with E-state index in [1.807, 2.05) is 83.1 Å². The van der Waals surface area contributed by atoms with E-state index in [0.29, 0.717) is 17.7 Å². The second kappa shape index (κ2) is 12.5. The number of anilines is 1. The smallest absolute Gasteiger partial charge is 0.408 e. The van der Waals surface area contributed by atoms with Gasteiger partial charge in [0, 0.05) is 17.0 Å². The van der Waals surface area contributed by atoms with E-state index in [1.165, 1.54) is 0 Å². The molecule has 0 saturated carbocycles. The fourth-order valence-electron chi connectivity index (χ4n) is 3.95. The van der Waals surface area contributed by atoms with E-state index < -0.39 is 35.2 Å². The number of para-hydroxylation sites is 1. The first kappa shape index (κ1) is 30.2. The van der Waals surface area contributed by atoms with Crippen LogP contribution >= 0.6 is 12.6 Å². The largest absolute Gasteiger partial charge is 0.444 e. The Balaban J connectivity index is 2.60. The lowest BCUT2D eigenvalue weighted by Crippen LogP contribution is -2.59. The SMILES string of the molecule is CCC(C)(C)N(C(=O)C(CS)NC(=O)OC(C)(C)C)C(C(=O)Nc1ccccc1C)c1ccccc1C. The number of rotatable bonds is 9. The van der Waals surface area contributed by atoms with Gasteiger partial charge in [0.15, 0.2) is 0 Å². The Morgan fingerprint density at radius 2 is 1.51 bits per heavy atom. The van der Waals surface area contributed by atoms with Crippen LogP contribution in [0, 0.1) is 13.8 Å². The third-order valence-corrected chi connectivity index (χ3v) is 6.68. The molecule has 37 heavy (non-hydrogen) atoms. The number of carbonyl (C=O) groups is 3. The third-order valence-electron chi connectivity index (χ3n) is 6.32. The van der Waals surface area contributed by atoms with Gasteiger partial charge in [0.25, 0.3) is 5.91 Å². The molecule has 0 aromatic heterocycles. The summed E-state index contributed by atoms with van der Waals surface area (Å²) in [5.74, 6) is -0.719. The lowest BCUT2D eigenvalue weighted by atomic mass is 9.90. The summed E-state index contributed by atoms with van der Waals surface area (Å²) in [5.41, 5.74) is 1.70. The van der Waals surface area contributed by atoms with E-state index in [9.17, 15) is 14.4 Å². The fraction of sp³-hybridized carbons (Fsp3) is 0.483. The number of aryl methyl sites for hydroxylation is 2. The molecule has 0 spiro atoms. The summed E-state index contributed by atoms with van der Waals surface area (Å²) < 4.78 is 5.38. The first-order chi connectivity index (χ1) is 17.2. The van der Waals surface area contributed by atoms with E-state index >= 15 is 0 Å². The number of benzene rings is 2. The van der Waals surface area contributed by atoms with Gasteiger partial charge in [-0.2, -0.15) is 12.6 Å². The molecule has 0 heterocycles. The van der Waals surface area contributed by atoms with Crippen molar-refractivity contribution in [3.8, 4) is 0 Å². The van der Waals surface area contributed by atoms with Gasteiger partial charge >= 0.3 is 6.09 Å². The Labute approximate surface area is 226 Å². The lowest BCUT2D eigenvalue weighted by Gasteiger charge is -2.44. The Bertz CT molecular complexity index is 1110. The van der Waals surface area contributed by atoms with Crippen LogP contribution in [0.5, 0.6) is 0 Å². The molecule has 2 unspecified atom stereocenters. The molecule has 8 heteroatoms. The van der Waals surface area contributed by atoms with Crippen LogP contribution in [0.25, 0.3) is 0 Å². The summed E-state index contributed by atoms with van der Waals surface area (Å²) in [6.45, 7) is 14.9. The summed E-state index contributed by atoms with van der Waals surface area (Å²) in [6.07, 6.45) is -0.143. The minimum absolute atomic E-state index is 0.0360. The van der Waals surface area contributed by atoms with Crippen LogP contribution in [0.2, 0.25) is 0 Å². The zero-order valence-corrected chi connectivity index (χ0v) is 24.1. The maximum Gasteiger partial charge on any atom is 0.408 e. The van der Waals surface area contributed by atoms with Gasteiger partial charge < -0.3 is 20.3 Å². The monoisotopic (exact) mass is 527 g/mol. The highest BCUT2D eigenvalue weighted by Crippen LogP contribution is 2.34.